The topological polar surface area (TPSA) is 96.8 Å². The third-order valence-corrected chi connectivity index (χ3v) is 3.61. The van der Waals surface area contributed by atoms with Gasteiger partial charge in [-0.15, -0.1) is 0 Å². The zero-order chi connectivity index (χ0) is 16.1. The van der Waals surface area contributed by atoms with E-state index in [-0.39, 0.29) is 17.9 Å². The Bertz CT molecular complexity index is 494. The molecule has 1 saturated heterocycles. The molecule has 0 spiro atoms. The Balaban J connectivity index is 1.89. The highest BCUT2D eigenvalue weighted by atomic mass is 16.5. The summed E-state index contributed by atoms with van der Waals surface area (Å²) in [6.45, 7) is 1.05. The second-order valence-corrected chi connectivity index (χ2v) is 5.44. The summed E-state index contributed by atoms with van der Waals surface area (Å²) in [7, 11) is 5.18. The Hall–Kier alpha value is -1.77. The van der Waals surface area contributed by atoms with Crippen LogP contribution in [0.5, 0.6) is 0 Å². The van der Waals surface area contributed by atoms with Crippen LogP contribution in [0.3, 0.4) is 0 Å². The second kappa shape index (κ2) is 7.48. The molecule has 0 bridgehead atoms. The maximum absolute atomic E-state index is 12.1. The summed E-state index contributed by atoms with van der Waals surface area (Å²) in [5.74, 6) is 0.0530. The molecule has 3 atom stereocenters. The van der Waals surface area contributed by atoms with E-state index >= 15 is 0 Å². The molecule has 1 aliphatic heterocycles. The van der Waals surface area contributed by atoms with Crippen LogP contribution >= 0.6 is 0 Å². The number of aliphatic hydroxyl groups is 1. The third-order valence-electron chi connectivity index (χ3n) is 3.61. The second-order valence-electron chi connectivity index (χ2n) is 5.44. The molecule has 1 aromatic rings. The lowest BCUT2D eigenvalue weighted by atomic mass is 9.96. The van der Waals surface area contributed by atoms with E-state index in [0.29, 0.717) is 31.3 Å². The molecule has 0 unspecified atom stereocenters. The number of anilines is 1. The number of ether oxygens (including phenoxy) is 2. The van der Waals surface area contributed by atoms with E-state index in [1.807, 2.05) is 14.1 Å². The van der Waals surface area contributed by atoms with Gasteiger partial charge in [0.2, 0.25) is 5.95 Å². The molecule has 2 rings (SSSR count). The van der Waals surface area contributed by atoms with E-state index in [4.69, 9.17) is 9.47 Å². The van der Waals surface area contributed by atoms with Crippen LogP contribution in [0.4, 0.5) is 5.95 Å². The van der Waals surface area contributed by atoms with E-state index in [1.165, 1.54) is 19.5 Å². The van der Waals surface area contributed by atoms with Crippen molar-refractivity contribution in [1.82, 2.24) is 15.3 Å². The largest absolute Gasteiger partial charge is 0.390 e. The monoisotopic (exact) mass is 310 g/mol. The predicted molar refractivity (Wildman–Crippen MR) is 79.8 cm³/mol. The van der Waals surface area contributed by atoms with Gasteiger partial charge in [0.15, 0.2) is 0 Å². The van der Waals surface area contributed by atoms with Crippen molar-refractivity contribution < 1.29 is 19.4 Å². The van der Waals surface area contributed by atoms with Gasteiger partial charge in [0.25, 0.3) is 5.91 Å². The number of rotatable bonds is 5. The van der Waals surface area contributed by atoms with E-state index in [9.17, 15) is 9.90 Å². The SMILES string of the molecule is CO[C@@H]1COC[C@@H](CNC(=O)c2cnc(N(C)C)nc2)[C@@H]1O. The molecule has 1 amide bonds. The van der Waals surface area contributed by atoms with Gasteiger partial charge in [-0.05, 0) is 0 Å². The van der Waals surface area contributed by atoms with Crippen LogP contribution in [0.2, 0.25) is 0 Å². The van der Waals surface area contributed by atoms with Gasteiger partial charge >= 0.3 is 0 Å². The zero-order valence-electron chi connectivity index (χ0n) is 13.0. The minimum absolute atomic E-state index is 0.204. The quantitative estimate of drug-likeness (QED) is 0.742. The summed E-state index contributed by atoms with van der Waals surface area (Å²) < 4.78 is 10.5. The van der Waals surface area contributed by atoms with Gasteiger partial charge in [-0.25, -0.2) is 9.97 Å². The highest BCUT2D eigenvalue weighted by molar-refractivity contribution is 5.93. The van der Waals surface area contributed by atoms with E-state index in [2.05, 4.69) is 15.3 Å². The maximum Gasteiger partial charge on any atom is 0.254 e. The molecule has 122 valence electrons. The molecule has 2 N–H and O–H groups in total. The summed E-state index contributed by atoms with van der Waals surface area (Å²) in [5.41, 5.74) is 0.375. The van der Waals surface area contributed by atoms with Gasteiger partial charge in [0.05, 0.1) is 24.9 Å². The van der Waals surface area contributed by atoms with Gasteiger partial charge in [-0.1, -0.05) is 0 Å². The Labute approximate surface area is 129 Å². The van der Waals surface area contributed by atoms with Crippen molar-refractivity contribution in [3.05, 3.63) is 18.0 Å². The Morgan fingerprint density at radius 1 is 1.45 bits per heavy atom. The van der Waals surface area contributed by atoms with Crippen LogP contribution in [0.1, 0.15) is 10.4 Å². The number of amides is 1. The minimum atomic E-state index is -0.661. The summed E-state index contributed by atoms with van der Waals surface area (Å²) >= 11 is 0. The molecule has 0 aromatic carbocycles. The van der Waals surface area contributed by atoms with E-state index < -0.39 is 6.10 Å². The molecular formula is C14H22N4O4. The molecule has 2 heterocycles. The third kappa shape index (κ3) is 3.90. The number of methoxy groups -OCH3 is 1. The predicted octanol–water partition coefficient (Wildman–Crippen LogP) is -0.705. The summed E-state index contributed by atoms with van der Waals surface area (Å²) in [6.07, 6.45) is 1.93. The number of carbonyl (C=O) groups is 1. The summed E-state index contributed by atoms with van der Waals surface area (Å²) in [5, 5.41) is 12.9. The Morgan fingerprint density at radius 2 is 2.14 bits per heavy atom. The number of aliphatic hydroxyl groups excluding tert-OH is 1. The molecule has 8 heteroatoms. The fourth-order valence-corrected chi connectivity index (χ4v) is 2.22. The Kier molecular flexibility index (Phi) is 5.64. The minimum Gasteiger partial charge on any atom is -0.390 e. The van der Waals surface area contributed by atoms with Crippen molar-refractivity contribution in [2.24, 2.45) is 5.92 Å². The maximum atomic E-state index is 12.1. The summed E-state index contributed by atoms with van der Waals surface area (Å²) in [6, 6.07) is 0. The van der Waals surface area contributed by atoms with Crippen molar-refractivity contribution in [2.45, 2.75) is 12.2 Å². The first-order valence-electron chi connectivity index (χ1n) is 7.09. The number of aromatic nitrogens is 2. The molecule has 0 saturated carbocycles. The van der Waals surface area contributed by atoms with Crippen LogP contribution < -0.4 is 10.2 Å². The standard InChI is InChI=1S/C14H22N4O4/c1-18(2)14-16-4-9(5-17-14)13(20)15-6-10-7-22-8-11(21-3)12(10)19/h4-5,10-12,19H,6-8H2,1-3H3,(H,15,20)/t10-,11-,12+/m1/s1. The first-order valence-corrected chi connectivity index (χ1v) is 7.09. The van der Waals surface area contributed by atoms with Crippen LogP contribution in [-0.2, 0) is 9.47 Å². The first-order chi connectivity index (χ1) is 10.5. The average Bonchev–Trinajstić information content (AvgIpc) is 2.53. The molecule has 0 aliphatic carbocycles. The van der Waals surface area contributed by atoms with Crippen molar-refractivity contribution in [2.75, 3.05) is 45.9 Å². The average molecular weight is 310 g/mol. The van der Waals surface area contributed by atoms with Crippen molar-refractivity contribution in [3.63, 3.8) is 0 Å². The lowest BCUT2D eigenvalue weighted by Gasteiger charge is -2.33. The van der Waals surface area contributed by atoms with Crippen molar-refractivity contribution in [1.29, 1.82) is 0 Å². The zero-order valence-corrected chi connectivity index (χ0v) is 13.0. The summed E-state index contributed by atoms with van der Waals surface area (Å²) in [4.78, 5) is 22.0. The van der Waals surface area contributed by atoms with Crippen molar-refractivity contribution in [3.8, 4) is 0 Å². The normalized spacial score (nSPS) is 24.8. The fourth-order valence-electron chi connectivity index (χ4n) is 2.22. The highest BCUT2D eigenvalue weighted by Crippen LogP contribution is 2.17. The van der Waals surface area contributed by atoms with Crippen LogP contribution in [0.15, 0.2) is 12.4 Å². The first kappa shape index (κ1) is 16.6. The smallest absolute Gasteiger partial charge is 0.254 e. The van der Waals surface area contributed by atoms with Gasteiger partial charge in [-0.2, -0.15) is 0 Å². The lowest BCUT2D eigenvalue weighted by Crippen LogP contribution is -2.49. The molecule has 22 heavy (non-hydrogen) atoms. The van der Waals surface area contributed by atoms with Gasteiger partial charge in [0, 0.05) is 46.1 Å². The van der Waals surface area contributed by atoms with Crippen LogP contribution in [0, 0.1) is 5.92 Å². The fraction of sp³-hybridized carbons (Fsp3) is 0.643. The van der Waals surface area contributed by atoms with Gasteiger partial charge in [-0.3, -0.25) is 4.79 Å². The Morgan fingerprint density at radius 3 is 2.73 bits per heavy atom. The van der Waals surface area contributed by atoms with E-state index in [1.54, 1.807) is 4.90 Å². The lowest BCUT2D eigenvalue weighted by molar-refractivity contribution is -0.132. The number of hydrogen-bond donors (Lipinski definition) is 2. The van der Waals surface area contributed by atoms with Gasteiger partial charge < -0.3 is 24.8 Å². The molecule has 1 aliphatic rings. The molecule has 0 radical (unpaired) electrons. The van der Waals surface area contributed by atoms with Gasteiger partial charge in [0.1, 0.15) is 6.10 Å². The molecule has 1 fully saturated rings. The number of carbonyl (C=O) groups excluding carboxylic acids is 1. The van der Waals surface area contributed by atoms with Crippen molar-refractivity contribution >= 4 is 11.9 Å². The molecule has 8 nitrogen and oxygen atoms in total. The molecular weight excluding hydrogens is 288 g/mol. The number of nitrogens with zero attached hydrogens (tertiary/aromatic N) is 3. The number of nitrogens with one attached hydrogen (secondary N) is 1. The van der Waals surface area contributed by atoms with Crippen LogP contribution in [-0.4, -0.2) is 74.2 Å². The number of hydrogen-bond acceptors (Lipinski definition) is 7. The van der Waals surface area contributed by atoms with E-state index in [0.717, 1.165) is 0 Å². The molecule has 1 aromatic heterocycles. The highest BCUT2D eigenvalue weighted by Gasteiger charge is 2.32. The van der Waals surface area contributed by atoms with Crippen LogP contribution in [0.25, 0.3) is 0 Å².